The molecule has 7 nitrogen and oxygen atoms in total. The molecule has 9 heteroatoms. The normalized spacial score (nSPS) is 15.0. The molecule has 154 valence electrons. The minimum Gasteiger partial charge on any atom is -0.431 e. The van der Waals surface area contributed by atoms with E-state index in [1.54, 1.807) is 11.3 Å². The fraction of sp³-hybridized carbons (Fsp3) is 0.286. The summed E-state index contributed by atoms with van der Waals surface area (Å²) in [6, 6.07) is 14.0. The molecule has 5 rings (SSSR count). The standard InChI is InChI=1S/C21H21N5O2S2/c27-20(13-30-21-23-15-4-1-2-5-17(15)28-21)22-14-7-9-26(10-8-14)19-12-16(24-25-19)18-6-3-11-29-18/h1-6,11-12,14H,7-10,13H2,(H,22,27)(H,24,25). The molecule has 2 N–H and O–H groups in total. The van der Waals surface area contributed by atoms with Crippen LogP contribution in [0.1, 0.15) is 12.8 Å². The molecule has 3 aromatic heterocycles. The number of amides is 1. The van der Waals surface area contributed by atoms with Gasteiger partial charge in [-0.3, -0.25) is 9.89 Å². The molecule has 1 fully saturated rings. The fourth-order valence-electron chi connectivity index (χ4n) is 3.59. The SMILES string of the molecule is O=C(CSc1nc2ccccc2o1)NC1CCN(c2cc(-c3cccs3)[nH]n2)CC1. The Morgan fingerprint density at radius 1 is 1.27 bits per heavy atom. The number of fused-ring (bicyclic) bond motifs is 1. The molecule has 0 aliphatic carbocycles. The Hall–Kier alpha value is -2.78. The summed E-state index contributed by atoms with van der Waals surface area (Å²) in [7, 11) is 0. The molecule has 0 radical (unpaired) electrons. The molecule has 0 saturated carbocycles. The average molecular weight is 440 g/mol. The van der Waals surface area contributed by atoms with Gasteiger partial charge < -0.3 is 14.6 Å². The number of hydrogen-bond acceptors (Lipinski definition) is 7. The van der Waals surface area contributed by atoms with Gasteiger partial charge in [0.15, 0.2) is 11.4 Å². The molecule has 0 bridgehead atoms. The van der Waals surface area contributed by atoms with E-state index in [9.17, 15) is 4.79 Å². The van der Waals surface area contributed by atoms with Crippen molar-refractivity contribution in [3.05, 3.63) is 47.8 Å². The van der Waals surface area contributed by atoms with Gasteiger partial charge in [-0.2, -0.15) is 5.10 Å². The third kappa shape index (κ3) is 4.22. The summed E-state index contributed by atoms with van der Waals surface area (Å²) < 4.78 is 5.66. The van der Waals surface area contributed by atoms with E-state index in [0.717, 1.165) is 48.5 Å². The van der Waals surface area contributed by atoms with Crippen LogP contribution in [0.15, 0.2) is 57.5 Å². The second-order valence-electron chi connectivity index (χ2n) is 7.18. The number of benzene rings is 1. The average Bonchev–Trinajstić information content (AvgIpc) is 3.52. The van der Waals surface area contributed by atoms with Crippen molar-refractivity contribution in [2.45, 2.75) is 24.1 Å². The van der Waals surface area contributed by atoms with Crippen molar-refractivity contribution >= 4 is 45.9 Å². The highest BCUT2D eigenvalue weighted by atomic mass is 32.2. The van der Waals surface area contributed by atoms with E-state index in [0.29, 0.717) is 11.0 Å². The molecule has 0 atom stereocenters. The first kappa shape index (κ1) is 19.2. The molecule has 1 aliphatic heterocycles. The summed E-state index contributed by atoms with van der Waals surface area (Å²) in [6.45, 7) is 1.75. The van der Waals surface area contributed by atoms with E-state index in [2.05, 4.69) is 42.9 Å². The number of H-pyrrole nitrogens is 1. The lowest BCUT2D eigenvalue weighted by Crippen LogP contribution is -2.45. The number of para-hydroxylation sites is 2. The predicted octanol–water partition coefficient (Wildman–Crippen LogP) is 4.16. The number of oxazole rings is 1. The Kier molecular flexibility index (Phi) is 5.46. The van der Waals surface area contributed by atoms with E-state index >= 15 is 0 Å². The summed E-state index contributed by atoms with van der Waals surface area (Å²) in [5, 5.41) is 13.3. The number of aromatic amines is 1. The second-order valence-corrected chi connectivity index (χ2v) is 9.06. The summed E-state index contributed by atoms with van der Waals surface area (Å²) in [5.74, 6) is 1.28. The zero-order valence-electron chi connectivity index (χ0n) is 16.2. The van der Waals surface area contributed by atoms with Crippen LogP contribution in [0.5, 0.6) is 0 Å². The first-order chi connectivity index (χ1) is 14.7. The molecular weight excluding hydrogens is 418 g/mol. The zero-order chi connectivity index (χ0) is 20.3. The van der Waals surface area contributed by atoms with Gasteiger partial charge >= 0.3 is 0 Å². The van der Waals surface area contributed by atoms with Gasteiger partial charge in [-0.15, -0.1) is 11.3 Å². The molecule has 0 unspecified atom stereocenters. The fourth-order valence-corrected chi connectivity index (χ4v) is 4.94. The third-order valence-corrected chi connectivity index (χ3v) is 6.87. The first-order valence-corrected chi connectivity index (χ1v) is 11.7. The van der Waals surface area contributed by atoms with Crippen molar-refractivity contribution in [1.82, 2.24) is 20.5 Å². The molecular formula is C21H21N5O2S2. The number of carbonyl (C=O) groups excluding carboxylic acids is 1. The third-order valence-electron chi connectivity index (χ3n) is 5.14. The number of thioether (sulfide) groups is 1. The molecule has 30 heavy (non-hydrogen) atoms. The Morgan fingerprint density at radius 2 is 2.13 bits per heavy atom. The van der Waals surface area contributed by atoms with Gasteiger partial charge in [0.2, 0.25) is 5.91 Å². The number of piperidine rings is 1. The maximum atomic E-state index is 12.4. The molecule has 1 saturated heterocycles. The highest BCUT2D eigenvalue weighted by Crippen LogP contribution is 2.27. The smallest absolute Gasteiger partial charge is 0.257 e. The minimum atomic E-state index is 0.0143. The van der Waals surface area contributed by atoms with Crippen molar-refractivity contribution in [3.63, 3.8) is 0 Å². The number of rotatable bonds is 6. The highest BCUT2D eigenvalue weighted by molar-refractivity contribution is 7.99. The van der Waals surface area contributed by atoms with Crippen LogP contribution in [0.4, 0.5) is 5.82 Å². The van der Waals surface area contributed by atoms with Crippen molar-refractivity contribution < 1.29 is 9.21 Å². The maximum absolute atomic E-state index is 12.4. The molecule has 0 spiro atoms. The van der Waals surface area contributed by atoms with Crippen molar-refractivity contribution in [3.8, 4) is 10.6 Å². The Bertz CT molecular complexity index is 1100. The molecule has 4 aromatic rings. The Labute approximate surface area is 181 Å². The topological polar surface area (TPSA) is 87.0 Å². The monoisotopic (exact) mass is 439 g/mol. The number of aromatic nitrogens is 3. The Morgan fingerprint density at radius 3 is 2.93 bits per heavy atom. The van der Waals surface area contributed by atoms with Crippen LogP contribution >= 0.6 is 23.1 Å². The number of nitrogens with one attached hydrogen (secondary N) is 2. The van der Waals surface area contributed by atoms with Gasteiger partial charge in [0, 0.05) is 25.2 Å². The molecule has 4 heterocycles. The van der Waals surface area contributed by atoms with Gasteiger partial charge in [0.25, 0.3) is 5.22 Å². The highest BCUT2D eigenvalue weighted by Gasteiger charge is 2.23. The maximum Gasteiger partial charge on any atom is 0.257 e. The summed E-state index contributed by atoms with van der Waals surface area (Å²) >= 11 is 3.03. The van der Waals surface area contributed by atoms with Crippen LogP contribution in [0.3, 0.4) is 0 Å². The minimum absolute atomic E-state index is 0.0143. The van der Waals surface area contributed by atoms with E-state index < -0.39 is 0 Å². The summed E-state index contributed by atoms with van der Waals surface area (Å²) in [5.41, 5.74) is 2.61. The summed E-state index contributed by atoms with van der Waals surface area (Å²) in [4.78, 5) is 20.2. The molecule has 1 aliphatic rings. The Balaban J connectivity index is 1.09. The quantitative estimate of drug-likeness (QED) is 0.439. The molecule has 1 aromatic carbocycles. The van der Waals surface area contributed by atoms with Gasteiger partial charge in [-0.25, -0.2) is 4.98 Å². The van der Waals surface area contributed by atoms with E-state index in [-0.39, 0.29) is 11.9 Å². The van der Waals surface area contributed by atoms with Crippen LogP contribution in [0.2, 0.25) is 0 Å². The van der Waals surface area contributed by atoms with Crippen LogP contribution in [0.25, 0.3) is 21.7 Å². The van der Waals surface area contributed by atoms with Crippen molar-refractivity contribution in [1.29, 1.82) is 0 Å². The lowest BCUT2D eigenvalue weighted by atomic mass is 10.1. The predicted molar refractivity (Wildman–Crippen MR) is 120 cm³/mol. The van der Waals surface area contributed by atoms with Gasteiger partial charge in [-0.05, 0) is 36.4 Å². The lowest BCUT2D eigenvalue weighted by Gasteiger charge is -2.32. The van der Waals surface area contributed by atoms with E-state index in [1.165, 1.54) is 16.6 Å². The van der Waals surface area contributed by atoms with E-state index in [4.69, 9.17) is 4.42 Å². The van der Waals surface area contributed by atoms with Gasteiger partial charge in [0.05, 0.1) is 16.3 Å². The number of carbonyl (C=O) groups is 1. The number of nitrogens with zero attached hydrogens (tertiary/aromatic N) is 3. The van der Waals surface area contributed by atoms with Crippen LogP contribution in [-0.2, 0) is 4.79 Å². The van der Waals surface area contributed by atoms with E-state index in [1.807, 2.05) is 30.3 Å². The lowest BCUT2D eigenvalue weighted by molar-refractivity contribution is -0.119. The van der Waals surface area contributed by atoms with Crippen molar-refractivity contribution in [2.75, 3.05) is 23.7 Å². The van der Waals surface area contributed by atoms with Gasteiger partial charge in [0.1, 0.15) is 5.52 Å². The first-order valence-electron chi connectivity index (χ1n) is 9.86. The summed E-state index contributed by atoms with van der Waals surface area (Å²) in [6.07, 6.45) is 1.81. The largest absolute Gasteiger partial charge is 0.431 e. The second kappa shape index (κ2) is 8.53. The van der Waals surface area contributed by atoms with Crippen LogP contribution in [0, 0.1) is 0 Å². The zero-order valence-corrected chi connectivity index (χ0v) is 17.8. The van der Waals surface area contributed by atoms with Gasteiger partial charge in [-0.1, -0.05) is 30.0 Å². The molecule has 1 amide bonds. The van der Waals surface area contributed by atoms with Crippen molar-refractivity contribution in [2.24, 2.45) is 0 Å². The number of thiophene rings is 1. The number of anilines is 1. The van der Waals surface area contributed by atoms with Crippen LogP contribution < -0.4 is 10.2 Å². The number of hydrogen-bond donors (Lipinski definition) is 2. The van der Waals surface area contributed by atoms with Crippen LogP contribution in [-0.4, -0.2) is 46.0 Å².